The lowest BCUT2D eigenvalue weighted by atomic mass is 9.91. The molecule has 0 radical (unpaired) electrons. The first-order chi connectivity index (χ1) is 16.7. The van der Waals surface area contributed by atoms with E-state index in [2.05, 4.69) is 20.3 Å². The monoisotopic (exact) mass is 502 g/mol. The van der Waals surface area contributed by atoms with Crippen molar-refractivity contribution in [3.63, 3.8) is 0 Å². The highest BCUT2D eigenvalue weighted by atomic mass is 32.2. The van der Waals surface area contributed by atoms with Crippen molar-refractivity contribution in [1.29, 1.82) is 0 Å². The highest BCUT2D eigenvalue weighted by Crippen LogP contribution is 2.39. The van der Waals surface area contributed by atoms with Crippen molar-refractivity contribution in [3.05, 3.63) is 53.6 Å². The molecule has 0 bridgehead atoms. The molecule has 9 nitrogen and oxygen atoms in total. The molecule has 1 unspecified atom stereocenters. The molecule has 10 heteroatoms. The molecule has 0 aromatic heterocycles. The minimum Gasteiger partial charge on any atom is -0.480 e. The second kappa shape index (κ2) is 10.8. The molecule has 2 aromatic carbocycles. The van der Waals surface area contributed by atoms with Gasteiger partial charge < -0.3 is 20.5 Å². The molecular formula is C25H34N4O5S. The number of carbonyl (C=O) groups excluding carboxylic acids is 1. The second-order valence-corrected chi connectivity index (χ2v) is 11.0. The highest BCUT2D eigenvalue weighted by Gasteiger charge is 2.35. The molecule has 4 N–H and O–H groups in total. The van der Waals surface area contributed by atoms with Crippen LogP contribution in [0.5, 0.6) is 5.75 Å². The molecule has 2 aromatic rings. The molecule has 190 valence electrons. The van der Waals surface area contributed by atoms with E-state index in [9.17, 15) is 18.3 Å². The lowest BCUT2D eigenvalue weighted by Crippen LogP contribution is -2.45. The summed E-state index contributed by atoms with van der Waals surface area (Å²) in [6.07, 6.45) is 2.21. The van der Waals surface area contributed by atoms with Crippen molar-refractivity contribution < 1.29 is 23.1 Å². The van der Waals surface area contributed by atoms with Gasteiger partial charge in [0, 0.05) is 44.7 Å². The van der Waals surface area contributed by atoms with Crippen LogP contribution in [0, 0.1) is 0 Å². The molecule has 1 saturated heterocycles. The molecule has 1 fully saturated rings. The van der Waals surface area contributed by atoms with Crippen LogP contribution in [-0.4, -0.2) is 76.0 Å². The molecule has 1 amide bonds. The number of anilines is 2. The van der Waals surface area contributed by atoms with Crippen LogP contribution in [0.4, 0.5) is 11.4 Å². The number of nitrogens with zero attached hydrogens (tertiary/aromatic N) is 1. The first-order valence-corrected chi connectivity index (χ1v) is 13.9. The normalized spacial score (nSPS) is 19.8. The van der Waals surface area contributed by atoms with Gasteiger partial charge in [0.2, 0.25) is 10.0 Å². The molecule has 0 aliphatic carbocycles. The predicted octanol–water partition coefficient (Wildman–Crippen LogP) is 1.76. The van der Waals surface area contributed by atoms with E-state index in [4.69, 9.17) is 4.74 Å². The first kappa shape index (κ1) is 25.3. The molecule has 0 spiro atoms. The molecule has 3 atom stereocenters. The van der Waals surface area contributed by atoms with E-state index in [1.807, 2.05) is 30.3 Å². The summed E-state index contributed by atoms with van der Waals surface area (Å²) in [5.41, 5.74) is 2.98. The summed E-state index contributed by atoms with van der Waals surface area (Å²) >= 11 is 0. The molecule has 4 rings (SSSR count). The Balaban J connectivity index is 1.70. The van der Waals surface area contributed by atoms with Gasteiger partial charge in [-0.05, 0) is 37.0 Å². The van der Waals surface area contributed by atoms with Gasteiger partial charge in [0.15, 0.2) is 6.10 Å². The van der Waals surface area contributed by atoms with Gasteiger partial charge in [-0.2, -0.15) is 0 Å². The topological polar surface area (TPSA) is 120 Å². The number of fused-ring (bicyclic) bond motifs is 1. The number of rotatable bonds is 9. The van der Waals surface area contributed by atoms with Crippen LogP contribution in [0.25, 0.3) is 0 Å². The fraction of sp³-hybridized carbons (Fsp3) is 0.480. The van der Waals surface area contributed by atoms with Crippen molar-refractivity contribution in [2.45, 2.75) is 37.4 Å². The van der Waals surface area contributed by atoms with Crippen LogP contribution in [0.1, 0.15) is 29.9 Å². The largest absolute Gasteiger partial charge is 0.480 e. The Morgan fingerprint density at radius 2 is 2.03 bits per heavy atom. The third-order valence-corrected chi connectivity index (χ3v) is 7.12. The summed E-state index contributed by atoms with van der Waals surface area (Å²) in [4.78, 5) is 15.3. The fourth-order valence-electron chi connectivity index (χ4n) is 4.88. The summed E-state index contributed by atoms with van der Waals surface area (Å²) < 4.78 is 32.8. The molecular weight excluding hydrogens is 468 g/mol. The molecule has 2 aliphatic rings. The SMILES string of the molecule is CNC(=O)C(Oc1ccc(NS(C)(=O)=O)c2c1CCCN2)[C@H](CN1CC[C@H](O)C1)c1ccccc1. The van der Waals surface area contributed by atoms with Gasteiger partial charge in [0.1, 0.15) is 5.75 Å². The summed E-state index contributed by atoms with van der Waals surface area (Å²) in [5, 5.41) is 16.1. The van der Waals surface area contributed by atoms with Crippen molar-refractivity contribution in [1.82, 2.24) is 10.2 Å². The Bertz CT molecular complexity index is 1140. The number of aliphatic hydroxyl groups excluding tert-OH is 1. The number of likely N-dealkylation sites (N-methyl/N-ethyl adjacent to an activating group) is 1. The number of aliphatic hydroxyl groups is 1. The Morgan fingerprint density at radius 1 is 1.26 bits per heavy atom. The van der Waals surface area contributed by atoms with E-state index in [0.29, 0.717) is 43.1 Å². The maximum atomic E-state index is 13.2. The summed E-state index contributed by atoms with van der Waals surface area (Å²) in [7, 11) is -1.86. The van der Waals surface area contributed by atoms with Crippen molar-refractivity contribution in [2.75, 3.05) is 49.5 Å². The van der Waals surface area contributed by atoms with Gasteiger partial charge in [-0.15, -0.1) is 0 Å². The second-order valence-electron chi connectivity index (χ2n) is 9.24. The summed E-state index contributed by atoms with van der Waals surface area (Å²) in [6.45, 7) is 2.61. The fourth-order valence-corrected chi connectivity index (χ4v) is 5.45. The van der Waals surface area contributed by atoms with Crippen molar-refractivity contribution in [2.24, 2.45) is 0 Å². The van der Waals surface area contributed by atoms with E-state index in [0.717, 1.165) is 36.9 Å². The maximum absolute atomic E-state index is 13.2. The number of nitrogens with one attached hydrogen (secondary N) is 3. The van der Waals surface area contributed by atoms with E-state index in [1.165, 1.54) is 0 Å². The van der Waals surface area contributed by atoms with Gasteiger partial charge in [-0.3, -0.25) is 14.4 Å². The van der Waals surface area contributed by atoms with E-state index in [1.54, 1.807) is 19.2 Å². The number of hydrogen-bond acceptors (Lipinski definition) is 7. The van der Waals surface area contributed by atoms with Crippen LogP contribution in [0.15, 0.2) is 42.5 Å². The quantitative estimate of drug-likeness (QED) is 0.412. The van der Waals surface area contributed by atoms with E-state index in [-0.39, 0.29) is 17.9 Å². The minimum atomic E-state index is -3.45. The third kappa shape index (κ3) is 6.25. The van der Waals surface area contributed by atoms with Crippen LogP contribution in [0.3, 0.4) is 0 Å². The Kier molecular flexibility index (Phi) is 7.83. The summed E-state index contributed by atoms with van der Waals surface area (Å²) in [6, 6.07) is 13.2. The zero-order valence-electron chi connectivity index (χ0n) is 20.2. The van der Waals surface area contributed by atoms with Crippen LogP contribution < -0.4 is 20.1 Å². The van der Waals surface area contributed by atoms with Gasteiger partial charge in [0.25, 0.3) is 5.91 Å². The Hall–Kier alpha value is -2.82. The summed E-state index contributed by atoms with van der Waals surface area (Å²) in [5.74, 6) is 0.0409. The molecule has 35 heavy (non-hydrogen) atoms. The van der Waals surface area contributed by atoms with Crippen molar-refractivity contribution in [3.8, 4) is 5.75 Å². The van der Waals surface area contributed by atoms with Gasteiger partial charge in [-0.1, -0.05) is 30.3 Å². The smallest absolute Gasteiger partial charge is 0.261 e. The predicted molar refractivity (Wildman–Crippen MR) is 136 cm³/mol. The lowest BCUT2D eigenvalue weighted by Gasteiger charge is -2.32. The number of carbonyl (C=O) groups is 1. The van der Waals surface area contributed by atoms with Gasteiger partial charge >= 0.3 is 0 Å². The Morgan fingerprint density at radius 3 is 2.69 bits per heavy atom. The minimum absolute atomic E-state index is 0.241. The average molecular weight is 503 g/mol. The van der Waals surface area contributed by atoms with E-state index < -0.39 is 16.1 Å². The number of sulfonamides is 1. The van der Waals surface area contributed by atoms with Crippen LogP contribution >= 0.6 is 0 Å². The number of ether oxygens (including phenoxy) is 1. The number of benzene rings is 2. The number of β-amino-alcohol motifs (C(OH)–C–C–N with tert-alkyl or cyclic N) is 1. The molecule has 2 aliphatic heterocycles. The van der Waals surface area contributed by atoms with Crippen molar-refractivity contribution >= 4 is 27.3 Å². The number of likely N-dealkylation sites (tertiary alicyclic amines) is 1. The molecule has 2 heterocycles. The van der Waals surface area contributed by atoms with Crippen LogP contribution in [-0.2, 0) is 21.2 Å². The van der Waals surface area contributed by atoms with Crippen LogP contribution in [0.2, 0.25) is 0 Å². The first-order valence-electron chi connectivity index (χ1n) is 12.0. The standard InChI is InChI=1S/C25H34N4O5S/c1-26-25(31)24(20(17-7-4-3-5-8-17)16-29-14-12-18(30)15-29)34-22-11-10-21(28-35(2,32)33)23-19(22)9-6-13-27-23/h3-5,7-8,10-11,18,20,24,27-28,30H,6,9,12-16H2,1-2H3,(H,26,31)/t18-,20+,24?/m0/s1. The van der Waals surface area contributed by atoms with Gasteiger partial charge in [-0.25, -0.2) is 8.42 Å². The van der Waals surface area contributed by atoms with Gasteiger partial charge in [0.05, 0.1) is 23.7 Å². The Labute approximate surface area is 206 Å². The lowest BCUT2D eigenvalue weighted by molar-refractivity contribution is -0.128. The number of amides is 1. The highest BCUT2D eigenvalue weighted by molar-refractivity contribution is 7.92. The zero-order chi connectivity index (χ0) is 25.0. The maximum Gasteiger partial charge on any atom is 0.261 e. The molecule has 0 saturated carbocycles. The average Bonchev–Trinajstić information content (AvgIpc) is 3.26. The number of hydrogen-bond donors (Lipinski definition) is 4. The van der Waals surface area contributed by atoms with E-state index >= 15 is 0 Å². The third-order valence-electron chi connectivity index (χ3n) is 6.52. The zero-order valence-corrected chi connectivity index (χ0v) is 21.0.